The number of urea groups is 1. The van der Waals surface area contributed by atoms with Crippen molar-refractivity contribution >= 4 is 12.0 Å². The fraction of sp³-hybridized carbons (Fsp3) is 0.500. The number of rotatable bonds is 6. The summed E-state index contributed by atoms with van der Waals surface area (Å²) in [5, 5.41) is 13.4. The lowest BCUT2D eigenvalue weighted by atomic mass is 10.3. The van der Waals surface area contributed by atoms with Gasteiger partial charge in [-0.2, -0.15) is 0 Å². The second-order valence-electron chi connectivity index (χ2n) is 3.60. The second-order valence-corrected chi connectivity index (χ2v) is 3.60. The number of imidazole rings is 1. The minimum atomic E-state index is -1.06. The summed E-state index contributed by atoms with van der Waals surface area (Å²) >= 11 is 0. The zero-order valence-corrected chi connectivity index (χ0v) is 9.56. The number of H-pyrrole nitrogens is 1. The molecule has 0 aliphatic rings. The minimum Gasteiger partial charge on any atom is -0.480 e. The van der Waals surface area contributed by atoms with Crippen molar-refractivity contribution in [2.75, 3.05) is 6.54 Å². The van der Waals surface area contributed by atoms with Crippen LogP contribution in [0, 0.1) is 0 Å². The number of amides is 2. The predicted octanol–water partition coefficient (Wildman–Crippen LogP) is 0.115. The van der Waals surface area contributed by atoms with E-state index < -0.39 is 18.0 Å². The molecule has 1 heterocycles. The molecule has 17 heavy (non-hydrogen) atoms. The first-order valence-corrected chi connectivity index (χ1v) is 5.35. The standard InChI is InChI=1S/C10H16N4O3/c1-7(9(15)16)14-10(17)13-4-2-3-8-11-5-6-12-8/h5-7H,2-4H2,1H3,(H,11,12)(H,15,16)(H2,13,14,17)/t7-/m0/s1. The van der Waals surface area contributed by atoms with Crippen LogP contribution < -0.4 is 10.6 Å². The van der Waals surface area contributed by atoms with E-state index in [1.54, 1.807) is 12.4 Å². The van der Waals surface area contributed by atoms with Gasteiger partial charge in [-0.1, -0.05) is 0 Å². The smallest absolute Gasteiger partial charge is 0.325 e. The molecule has 1 atom stereocenters. The number of nitrogens with zero attached hydrogens (tertiary/aromatic N) is 1. The molecule has 0 spiro atoms. The van der Waals surface area contributed by atoms with Gasteiger partial charge in [0.05, 0.1) is 0 Å². The van der Waals surface area contributed by atoms with E-state index in [9.17, 15) is 9.59 Å². The lowest BCUT2D eigenvalue weighted by molar-refractivity contribution is -0.138. The van der Waals surface area contributed by atoms with Crippen molar-refractivity contribution in [3.8, 4) is 0 Å². The number of carbonyl (C=O) groups is 2. The highest BCUT2D eigenvalue weighted by Gasteiger charge is 2.12. The summed E-state index contributed by atoms with van der Waals surface area (Å²) in [5.74, 6) is -0.193. The van der Waals surface area contributed by atoms with Gasteiger partial charge >= 0.3 is 12.0 Å². The number of carboxylic acids is 1. The SMILES string of the molecule is C[C@H](NC(=O)NCCCc1ncc[nH]1)C(=O)O. The third kappa shape index (κ3) is 5.01. The molecule has 0 fully saturated rings. The van der Waals surface area contributed by atoms with Crippen LogP contribution in [-0.4, -0.2) is 39.7 Å². The van der Waals surface area contributed by atoms with Crippen molar-refractivity contribution < 1.29 is 14.7 Å². The van der Waals surface area contributed by atoms with E-state index in [4.69, 9.17) is 5.11 Å². The molecule has 0 aliphatic heterocycles. The molecule has 1 aromatic heterocycles. The first-order chi connectivity index (χ1) is 8.09. The molecule has 0 unspecified atom stereocenters. The number of hydrogen-bond acceptors (Lipinski definition) is 3. The highest BCUT2D eigenvalue weighted by atomic mass is 16.4. The molecule has 94 valence electrons. The summed E-state index contributed by atoms with van der Waals surface area (Å²) in [4.78, 5) is 28.7. The quantitative estimate of drug-likeness (QED) is 0.529. The first kappa shape index (κ1) is 13.0. The molecule has 0 aromatic carbocycles. The van der Waals surface area contributed by atoms with Crippen molar-refractivity contribution in [2.45, 2.75) is 25.8 Å². The van der Waals surface area contributed by atoms with Gasteiger partial charge in [-0.25, -0.2) is 9.78 Å². The zero-order valence-electron chi connectivity index (χ0n) is 9.56. The largest absolute Gasteiger partial charge is 0.480 e. The minimum absolute atomic E-state index is 0.471. The van der Waals surface area contributed by atoms with Gasteiger partial charge in [0, 0.05) is 25.4 Å². The molecular weight excluding hydrogens is 224 g/mol. The Labute approximate surface area is 98.6 Å². The van der Waals surface area contributed by atoms with Crippen molar-refractivity contribution in [1.82, 2.24) is 20.6 Å². The molecule has 0 saturated carbocycles. The topological polar surface area (TPSA) is 107 Å². The highest BCUT2D eigenvalue weighted by Crippen LogP contribution is 1.93. The van der Waals surface area contributed by atoms with Gasteiger partial charge in [-0.15, -0.1) is 0 Å². The van der Waals surface area contributed by atoms with Gasteiger partial charge in [-0.05, 0) is 13.3 Å². The molecule has 0 bridgehead atoms. The van der Waals surface area contributed by atoms with Gasteiger partial charge in [0.25, 0.3) is 0 Å². The molecule has 0 radical (unpaired) electrons. The van der Waals surface area contributed by atoms with Crippen molar-refractivity contribution in [1.29, 1.82) is 0 Å². The molecule has 1 rings (SSSR count). The Bertz CT molecular complexity index is 364. The number of aromatic amines is 1. The third-order valence-electron chi connectivity index (χ3n) is 2.15. The van der Waals surface area contributed by atoms with E-state index in [2.05, 4.69) is 20.6 Å². The van der Waals surface area contributed by atoms with Crippen molar-refractivity contribution in [3.63, 3.8) is 0 Å². The number of aliphatic carboxylic acids is 1. The van der Waals surface area contributed by atoms with E-state index in [0.29, 0.717) is 6.54 Å². The predicted molar refractivity (Wildman–Crippen MR) is 60.5 cm³/mol. The number of carboxylic acid groups (broad SMARTS) is 1. The monoisotopic (exact) mass is 240 g/mol. The number of aryl methyl sites for hydroxylation is 1. The Kier molecular flexibility index (Phi) is 4.99. The Morgan fingerprint density at radius 2 is 2.35 bits per heavy atom. The third-order valence-corrected chi connectivity index (χ3v) is 2.15. The number of nitrogens with one attached hydrogen (secondary N) is 3. The fourth-order valence-electron chi connectivity index (χ4n) is 1.20. The zero-order chi connectivity index (χ0) is 12.7. The van der Waals surface area contributed by atoms with Crippen LogP contribution in [0.15, 0.2) is 12.4 Å². The summed E-state index contributed by atoms with van der Waals surface area (Å²) in [6.45, 7) is 1.88. The second kappa shape index (κ2) is 6.51. The normalized spacial score (nSPS) is 11.8. The van der Waals surface area contributed by atoms with Crippen LogP contribution in [0.3, 0.4) is 0 Å². The molecule has 1 aromatic rings. The molecule has 0 saturated heterocycles. The van der Waals surface area contributed by atoms with E-state index in [0.717, 1.165) is 18.7 Å². The number of carbonyl (C=O) groups excluding carboxylic acids is 1. The summed E-state index contributed by atoms with van der Waals surface area (Å²) < 4.78 is 0. The highest BCUT2D eigenvalue weighted by molar-refractivity contribution is 5.82. The molecule has 4 N–H and O–H groups in total. The first-order valence-electron chi connectivity index (χ1n) is 5.35. The van der Waals surface area contributed by atoms with E-state index >= 15 is 0 Å². The van der Waals surface area contributed by atoms with Crippen molar-refractivity contribution in [3.05, 3.63) is 18.2 Å². The van der Waals surface area contributed by atoms with E-state index in [1.807, 2.05) is 0 Å². The van der Waals surface area contributed by atoms with Crippen LogP contribution in [-0.2, 0) is 11.2 Å². The number of aromatic nitrogens is 2. The van der Waals surface area contributed by atoms with Crippen LogP contribution in [0.4, 0.5) is 4.79 Å². The maximum Gasteiger partial charge on any atom is 0.325 e. The Morgan fingerprint density at radius 1 is 1.59 bits per heavy atom. The Morgan fingerprint density at radius 3 is 2.94 bits per heavy atom. The molecular formula is C10H16N4O3. The molecule has 7 heteroatoms. The Balaban J connectivity index is 2.10. The lowest BCUT2D eigenvalue weighted by Gasteiger charge is -2.10. The molecule has 7 nitrogen and oxygen atoms in total. The van der Waals surface area contributed by atoms with Gasteiger partial charge in [0.2, 0.25) is 0 Å². The fourth-order valence-corrected chi connectivity index (χ4v) is 1.20. The molecule has 0 aliphatic carbocycles. The maximum absolute atomic E-state index is 11.2. The summed E-state index contributed by atoms with van der Waals surface area (Å²) in [6.07, 6.45) is 4.89. The van der Waals surface area contributed by atoms with Crippen LogP contribution in [0.1, 0.15) is 19.2 Å². The Hall–Kier alpha value is -2.05. The van der Waals surface area contributed by atoms with Gasteiger partial charge in [0.15, 0.2) is 0 Å². The van der Waals surface area contributed by atoms with Gasteiger partial charge in [0.1, 0.15) is 11.9 Å². The average molecular weight is 240 g/mol. The summed E-state index contributed by atoms with van der Waals surface area (Å²) in [6, 6.07) is -1.36. The van der Waals surface area contributed by atoms with Crippen molar-refractivity contribution in [2.24, 2.45) is 0 Å². The summed E-state index contributed by atoms with van der Waals surface area (Å²) in [5.41, 5.74) is 0. The average Bonchev–Trinajstić information content (AvgIpc) is 2.77. The van der Waals surface area contributed by atoms with E-state index in [-0.39, 0.29) is 0 Å². The van der Waals surface area contributed by atoms with Crippen LogP contribution in [0.25, 0.3) is 0 Å². The maximum atomic E-state index is 11.2. The lowest BCUT2D eigenvalue weighted by Crippen LogP contribution is -2.44. The van der Waals surface area contributed by atoms with Gasteiger partial charge in [-0.3, -0.25) is 4.79 Å². The van der Waals surface area contributed by atoms with E-state index in [1.165, 1.54) is 6.92 Å². The van der Waals surface area contributed by atoms with Gasteiger partial charge < -0.3 is 20.7 Å². The van der Waals surface area contributed by atoms with Crippen LogP contribution >= 0.6 is 0 Å². The number of hydrogen-bond donors (Lipinski definition) is 4. The van der Waals surface area contributed by atoms with Crippen LogP contribution in [0.2, 0.25) is 0 Å². The summed E-state index contributed by atoms with van der Waals surface area (Å²) in [7, 11) is 0. The van der Waals surface area contributed by atoms with Crippen LogP contribution in [0.5, 0.6) is 0 Å². The molecule has 2 amide bonds.